The number of esters is 2. The van der Waals surface area contributed by atoms with E-state index >= 15 is 0 Å². The average molecular weight is 611 g/mol. The summed E-state index contributed by atoms with van der Waals surface area (Å²) in [6, 6.07) is 24.6. The van der Waals surface area contributed by atoms with Gasteiger partial charge in [-0.25, -0.2) is 9.59 Å². The summed E-state index contributed by atoms with van der Waals surface area (Å²) in [7, 11) is -3.15. The third kappa shape index (κ3) is 5.95. The second-order valence-electron chi connectivity index (χ2n) is 12.0. The number of carbonyl (C=O) groups is 2. The molecule has 0 saturated carbocycles. The molecule has 6 rings (SSSR count). The van der Waals surface area contributed by atoms with Crippen LogP contribution in [0.1, 0.15) is 97.6 Å². The molecule has 7 nitrogen and oxygen atoms in total. The number of aryl methyl sites for hydroxylation is 2. The van der Waals surface area contributed by atoms with Crippen molar-refractivity contribution in [3.05, 3.63) is 134 Å². The number of fused-ring (bicyclic) bond motifs is 2. The number of hydrogen-bond donors (Lipinski definition) is 0. The molecule has 0 radical (unpaired) electrons. The Hall–Kier alpha value is -4.19. The number of hydrogen-bond acceptors (Lipinski definition) is 7. The molecule has 0 saturated heterocycles. The standard InChI is InChI=1S/C36H35O7P/c1-21(2)30-18-24(14-15-32(30)40-35-28-12-8-6-10-26(28)33(37)41-35)19-31-22(3)16-25(17-23(31)4)20-44(5,39)43-36-29-13-9-7-11-27(29)34(38)42-36/h6-18,21,35-36H,19-20H2,1-5H3/t35?,36-,44?/m0/s1. The van der Waals surface area contributed by atoms with E-state index in [-0.39, 0.29) is 18.0 Å². The molecule has 2 aliphatic rings. The van der Waals surface area contributed by atoms with Crippen LogP contribution in [0.25, 0.3) is 0 Å². The summed E-state index contributed by atoms with van der Waals surface area (Å²) in [6.45, 7) is 9.94. The van der Waals surface area contributed by atoms with Crippen molar-refractivity contribution in [1.29, 1.82) is 0 Å². The fourth-order valence-electron chi connectivity index (χ4n) is 6.00. The first-order valence-corrected chi connectivity index (χ1v) is 17.0. The maximum absolute atomic E-state index is 13.5. The quantitative estimate of drug-likeness (QED) is 0.139. The van der Waals surface area contributed by atoms with Gasteiger partial charge in [0.05, 0.1) is 11.1 Å². The van der Waals surface area contributed by atoms with E-state index in [0.717, 1.165) is 33.4 Å². The molecule has 2 aliphatic heterocycles. The van der Waals surface area contributed by atoms with Gasteiger partial charge in [0.2, 0.25) is 13.7 Å². The predicted octanol–water partition coefficient (Wildman–Crippen LogP) is 8.56. The Bertz CT molecular complexity index is 1800. The molecule has 0 aromatic heterocycles. The zero-order valence-electron chi connectivity index (χ0n) is 25.5. The number of ether oxygens (including phenoxy) is 3. The smallest absolute Gasteiger partial charge is 0.342 e. The highest BCUT2D eigenvalue weighted by Gasteiger charge is 2.36. The highest BCUT2D eigenvalue weighted by molar-refractivity contribution is 7.57. The summed E-state index contributed by atoms with van der Waals surface area (Å²) >= 11 is 0. The summed E-state index contributed by atoms with van der Waals surface area (Å²) in [5.41, 5.74) is 8.79. The third-order valence-corrected chi connectivity index (χ3v) is 9.73. The maximum atomic E-state index is 13.5. The van der Waals surface area contributed by atoms with Gasteiger partial charge in [-0.15, -0.1) is 0 Å². The van der Waals surface area contributed by atoms with E-state index in [1.54, 1.807) is 37.0 Å². The highest BCUT2D eigenvalue weighted by Crippen LogP contribution is 2.52. The molecule has 0 bridgehead atoms. The molecule has 4 aromatic carbocycles. The SMILES string of the molecule is Cc1cc(CP(C)(=O)O[C@@H]2OC(=O)c3ccccc32)cc(C)c1Cc1ccc(OC2OC(=O)c3ccccc32)c(C(C)C)c1. The Morgan fingerprint density at radius 2 is 1.34 bits per heavy atom. The van der Waals surface area contributed by atoms with Gasteiger partial charge in [0.1, 0.15) is 5.75 Å². The first kappa shape index (κ1) is 29.9. The Morgan fingerprint density at radius 3 is 1.95 bits per heavy atom. The Kier molecular flexibility index (Phi) is 7.95. The minimum absolute atomic E-state index is 0.187. The van der Waals surface area contributed by atoms with Crippen molar-refractivity contribution < 1.29 is 32.9 Å². The molecular formula is C36H35O7P. The molecule has 2 unspecified atom stereocenters. The lowest BCUT2D eigenvalue weighted by Crippen LogP contribution is -2.09. The van der Waals surface area contributed by atoms with Gasteiger partial charge in [0.15, 0.2) is 0 Å². The van der Waals surface area contributed by atoms with Crippen molar-refractivity contribution in [2.45, 2.75) is 58.8 Å². The lowest BCUT2D eigenvalue weighted by atomic mass is 9.92. The van der Waals surface area contributed by atoms with E-state index in [1.807, 2.05) is 30.3 Å². The summed E-state index contributed by atoms with van der Waals surface area (Å²) < 4.78 is 36.6. The number of rotatable bonds is 9. The van der Waals surface area contributed by atoms with Crippen molar-refractivity contribution in [3.8, 4) is 5.75 Å². The minimum atomic E-state index is -3.15. The van der Waals surface area contributed by atoms with Crippen LogP contribution in [-0.4, -0.2) is 18.6 Å². The van der Waals surface area contributed by atoms with Crippen molar-refractivity contribution in [3.63, 3.8) is 0 Å². The molecule has 0 fully saturated rings. The van der Waals surface area contributed by atoms with Gasteiger partial charge >= 0.3 is 11.9 Å². The van der Waals surface area contributed by atoms with Crippen molar-refractivity contribution >= 4 is 19.3 Å². The lowest BCUT2D eigenvalue weighted by molar-refractivity contribution is -0.0390. The lowest BCUT2D eigenvalue weighted by Gasteiger charge is -2.21. The topological polar surface area (TPSA) is 88.1 Å². The molecule has 44 heavy (non-hydrogen) atoms. The van der Waals surface area contributed by atoms with E-state index in [9.17, 15) is 14.2 Å². The van der Waals surface area contributed by atoms with Gasteiger partial charge in [-0.05, 0) is 77.8 Å². The zero-order chi connectivity index (χ0) is 31.2. The molecule has 0 amide bonds. The second-order valence-corrected chi connectivity index (χ2v) is 14.5. The Labute approximate surface area is 257 Å². The van der Waals surface area contributed by atoms with Crippen molar-refractivity contribution in [1.82, 2.24) is 0 Å². The molecule has 226 valence electrons. The van der Waals surface area contributed by atoms with Crippen molar-refractivity contribution in [2.24, 2.45) is 0 Å². The monoisotopic (exact) mass is 610 g/mol. The largest absolute Gasteiger partial charge is 0.450 e. The van der Waals surface area contributed by atoms with Gasteiger partial charge in [0.25, 0.3) is 6.29 Å². The zero-order valence-corrected chi connectivity index (χ0v) is 26.4. The van der Waals surface area contributed by atoms with E-state index < -0.39 is 25.9 Å². The fourth-order valence-corrected chi connectivity index (χ4v) is 7.48. The van der Waals surface area contributed by atoms with Crippen LogP contribution in [0.2, 0.25) is 0 Å². The summed E-state index contributed by atoms with van der Waals surface area (Å²) in [4.78, 5) is 24.5. The van der Waals surface area contributed by atoms with Crippen LogP contribution in [0.3, 0.4) is 0 Å². The molecule has 2 heterocycles. The van der Waals surface area contributed by atoms with Crippen LogP contribution >= 0.6 is 7.37 Å². The summed E-state index contributed by atoms with van der Waals surface area (Å²) in [5.74, 6) is 0.0400. The van der Waals surface area contributed by atoms with Crippen LogP contribution in [-0.2, 0) is 31.1 Å². The molecule has 0 spiro atoms. The highest BCUT2D eigenvalue weighted by atomic mass is 31.2. The van der Waals surface area contributed by atoms with Gasteiger partial charge in [-0.2, -0.15) is 0 Å². The first-order chi connectivity index (χ1) is 21.0. The molecule has 4 aromatic rings. The predicted molar refractivity (Wildman–Crippen MR) is 167 cm³/mol. The van der Waals surface area contributed by atoms with E-state index in [1.165, 1.54) is 5.56 Å². The Morgan fingerprint density at radius 1 is 0.773 bits per heavy atom. The van der Waals surface area contributed by atoms with E-state index in [2.05, 4.69) is 45.9 Å². The number of benzene rings is 4. The van der Waals surface area contributed by atoms with E-state index in [0.29, 0.717) is 28.9 Å². The van der Waals surface area contributed by atoms with Gasteiger partial charge in [-0.1, -0.05) is 74.5 Å². The van der Waals surface area contributed by atoms with Crippen LogP contribution in [0.4, 0.5) is 0 Å². The van der Waals surface area contributed by atoms with Crippen LogP contribution in [0.15, 0.2) is 78.9 Å². The third-order valence-electron chi connectivity index (χ3n) is 8.15. The normalized spacial score (nSPS) is 18.4. The summed E-state index contributed by atoms with van der Waals surface area (Å²) in [5, 5.41) is 0. The number of carbonyl (C=O) groups excluding carboxylic acids is 2. The van der Waals surface area contributed by atoms with Gasteiger partial charge in [0, 0.05) is 24.0 Å². The number of cyclic esters (lactones) is 2. The van der Waals surface area contributed by atoms with Crippen molar-refractivity contribution in [2.75, 3.05) is 6.66 Å². The van der Waals surface area contributed by atoms with Gasteiger partial charge < -0.3 is 14.2 Å². The van der Waals surface area contributed by atoms with Gasteiger partial charge in [-0.3, -0.25) is 9.09 Å². The van der Waals surface area contributed by atoms with E-state index in [4.69, 9.17) is 18.7 Å². The minimum Gasteiger partial charge on any atom is -0.450 e. The molecule has 3 atom stereocenters. The van der Waals surface area contributed by atoms with Crippen LogP contribution in [0.5, 0.6) is 5.75 Å². The Balaban J connectivity index is 1.18. The van der Waals surface area contributed by atoms with Crippen LogP contribution < -0.4 is 4.74 Å². The molecule has 0 aliphatic carbocycles. The summed E-state index contributed by atoms with van der Waals surface area (Å²) in [6.07, 6.45) is -0.792. The van der Waals surface area contributed by atoms with Crippen LogP contribution in [0, 0.1) is 13.8 Å². The fraction of sp³-hybridized carbons (Fsp3) is 0.278. The molecular weight excluding hydrogens is 575 g/mol. The average Bonchev–Trinajstić information content (AvgIpc) is 3.46. The molecule has 8 heteroatoms. The maximum Gasteiger partial charge on any atom is 0.342 e. The molecule has 0 N–H and O–H groups in total. The second kappa shape index (κ2) is 11.7. The first-order valence-electron chi connectivity index (χ1n) is 14.7.